The van der Waals surface area contributed by atoms with Gasteiger partial charge in [-0.15, -0.1) is 0 Å². The Balaban J connectivity index is 1.97. The Hall–Kier alpha value is -0.0800. The van der Waals surface area contributed by atoms with Crippen LogP contribution in [-0.2, 0) is 9.47 Å². The van der Waals surface area contributed by atoms with Crippen LogP contribution in [0.1, 0.15) is 181 Å². The maximum atomic E-state index is 6.34. The summed E-state index contributed by atoms with van der Waals surface area (Å²) in [7, 11) is 0. The van der Waals surface area contributed by atoms with E-state index in [1.165, 1.54) is 167 Å². The van der Waals surface area contributed by atoms with Gasteiger partial charge >= 0.3 is 0 Å². The van der Waals surface area contributed by atoms with E-state index < -0.39 is 0 Å². The first-order valence-electron chi connectivity index (χ1n) is 16.0. The highest BCUT2D eigenvalue weighted by atomic mass is 16.6. The van der Waals surface area contributed by atoms with Crippen molar-refractivity contribution >= 4 is 0 Å². The van der Waals surface area contributed by atoms with Crippen LogP contribution in [0.4, 0.5) is 0 Å². The Labute approximate surface area is 215 Å². The summed E-state index contributed by atoms with van der Waals surface area (Å²) >= 11 is 0. The van der Waals surface area contributed by atoms with Gasteiger partial charge in [-0.3, -0.25) is 0 Å². The first-order chi connectivity index (χ1) is 16.8. The van der Waals surface area contributed by atoms with E-state index in [1.54, 1.807) is 0 Å². The van der Waals surface area contributed by atoms with Gasteiger partial charge in [-0.25, -0.2) is 0 Å². The standard InChI is InChI=1S/C32H64O2/c1-3-5-7-9-11-13-15-17-19-21-23-25-27-32(31-33-29-30-34-32)28-26-24-22-20-18-16-14-12-10-8-6-4-2/h3-31H2,1-2H3. The third kappa shape index (κ3) is 19.1. The third-order valence-corrected chi connectivity index (χ3v) is 7.97. The molecule has 1 saturated heterocycles. The SMILES string of the molecule is CCCCCCCCCCCCCCC1(CCCCCCCCCCCCCC)COCCO1. The van der Waals surface area contributed by atoms with E-state index in [9.17, 15) is 0 Å². The lowest BCUT2D eigenvalue weighted by Gasteiger charge is -2.37. The molecule has 0 aromatic heterocycles. The Morgan fingerprint density at radius 3 is 1.03 bits per heavy atom. The molecule has 0 radical (unpaired) electrons. The summed E-state index contributed by atoms with van der Waals surface area (Å²) in [5.41, 5.74) is 0.0369. The second-order valence-corrected chi connectivity index (χ2v) is 11.4. The van der Waals surface area contributed by atoms with Crippen LogP contribution in [0.3, 0.4) is 0 Å². The summed E-state index contributed by atoms with van der Waals surface area (Å²) in [5.74, 6) is 0. The number of hydrogen-bond acceptors (Lipinski definition) is 2. The molecule has 0 bridgehead atoms. The second-order valence-electron chi connectivity index (χ2n) is 11.4. The van der Waals surface area contributed by atoms with Crippen molar-refractivity contribution in [2.75, 3.05) is 19.8 Å². The molecule has 0 saturated carbocycles. The third-order valence-electron chi connectivity index (χ3n) is 7.97. The Kier molecular flexibility index (Phi) is 23.1. The zero-order valence-corrected chi connectivity index (χ0v) is 23.8. The van der Waals surface area contributed by atoms with Crippen molar-refractivity contribution in [2.45, 2.75) is 186 Å². The quantitative estimate of drug-likeness (QED) is 0.115. The molecule has 2 heteroatoms. The monoisotopic (exact) mass is 480 g/mol. The van der Waals surface area contributed by atoms with Crippen LogP contribution in [0.5, 0.6) is 0 Å². The zero-order chi connectivity index (χ0) is 24.4. The van der Waals surface area contributed by atoms with Crippen molar-refractivity contribution in [1.82, 2.24) is 0 Å². The van der Waals surface area contributed by atoms with Crippen LogP contribution >= 0.6 is 0 Å². The van der Waals surface area contributed by atoms with E-state index in [-0.39, 0.29) is 5.60 Å². The van der Waals surface area contributed by atoms with E-state index in [0.29, 0.717) is 0 Å². The molecule has 0 aromatic rings. The first kappa shape index (κ1) is 31.9. The van der Waals surface area contributed by atoms with Crippen molar-refractivity contribution in [1.29, 1.82) is 0 Å². The number of ether oxygens (including phenoxy) is 2. The molecule has 0 atom stereocenters. The highest BCUT2D eigenvalue weighted by molar-refractivity contribution is 4.83. The molecule has 34 heavy (non-hydrogen) atoms. The maximum Gasteiger partial charge on any atom is 0.0916 e. The van der Waals surface area contributed by atoms with Gasteiger partial charge in [0.05, 0.1) is 25.4 Å². The highest BCUT2D eigenvalue weighted by Crippen LogP contribution is 2.30. The van der Waals surface area contributed by atoms with Crippen LogP contribution in [0.2, 0.25) is 0 Å². The van der Waals surface area contributed by atoms with Gasteiger partial charge in [-0.2, -0.15) is 0 Å². The molecular formula is C32H64O2. The summed E-state index contributed by atoms with van der Waals surface area (Å²) in [4.78, 5) is 0. The molecule has 0 aromatic carbocycles. The summed E-state index contributed by atoms with van der Waals surface area (Å²) in [6, 6.07) is 0. The van der Waals surface area contributed by atoms with Gasteiger partial charge in [0, 0.05) is 0 Å². The molecule has 1 aliphatic heterocycles. The molecule has 204 valence electrons. The van der Waals surface area contributed by atoms with Gasteiger partial charge in [-0.1, -0.05) is 168 Å². The molecule has 0 amide bonds. The van der Waals surface area contributed by atoms with E-state index in [1.807, 2.05) is 0 Å². The predicted octanol–water partition coefficient (Wildman–Crippen LogP) is 11.0. The molecule has 0 aliphatic carbocycles. The van der Waals surface area contributed by atoms with Crippen molar-refractivity contribution in [3.05, 3.63) is 0 Å². The van der Waals surface area contributed by atoms with Gasteiger partial charge < -0.3 is 9.47 Å². The Morgan fingerprint density at radius 1 is 0.412 bits per heavy atom. The first-order valence-corrected chi connectivity index (χ1v) is 16.0. The Bertz CT molecular complexity index is 358. The predicted molar refractivity (Wildman–Crippen MR) is 151 cm³/mol. The molecule has 2 nitrogen and oxygen atoms in total. The smallest absolute Gasteiger partial charge is 0.0916 e. The molecular weight excluding hydrogens is 416 g/mol. The lowest BCUT2D eigenvalue weighted by molar-refractivity contribution is -0.165. The minimum absolute atomic E-state index is 0.0369. The van der Waals surface area contributed by atoms with E-state index >= 15 is 0 Å². The fourth-order valence-electron chi connectivity index (χ4n) is 5.61. The second kappa shape index (κ2) is 24.6. The normalized spacial score (nSPS) is 15.7. The van der Waals surface area contributed by atoms with Crippen LogP contribution in [0, 0.1) is 0 Å². The van der Waals surface area contributed by atoms with Crippen LogP contribution < -0.4 is 0 Å². The topological polar surface area (TPSA) is 18.5 Å². The number of rotatable bonds is 26. The van der Waals surface area contributed by atoms with E-state index in [0.717, 1.165) is 19.8 Å². The fourth-order valence-corrected chi connectivity index (χ4v) is 5.61. The number of hydrogen-bond donors (Lipinski definition) is 0. The van der Waals surface area contributed by atoms with Gasteiger partial charge in [0.15, 0.2) is 0 Å². The Morgan fingerprint density at radius 2 is 0.735 bits per heavy atom. The van der Waals surface area contributed by atoms with Crippen molar-refractivity contribution in [2.24, 2.45) is 0 Å². The molecule has 1 rings (SSSR count). The molecule has 1 fully saturated rings. The van der Waals surface area contributed by atoms with E-state index in [4.69, 9.17) is 9.47 Å². The molecule has 0 N–H and O–H groups in total. The van der Waals surface area contributed by atoms with Crippen molar-refractivity contribution < 1.29 is 9.47 Å². The zero-order valence-electron chi connectivity index (χ0n) is 23.8. The summed E-state index contributed by atoms with van der Waals surface area (Å²) < 4.78 is 12.2. The van der Waals surface area contributed by atoms with Gasteiger partial charge in [0.2, 0.25) is 0 Å². The molecule has 1 heterocycles. The fraction of sp³-hybridized carbons (Fsp3) is 1.00. The lowest BCUT2D eigenvalue weighted by Crippen LogP contribution is -2.43. The van der Waals surface area contributed by atoms with Gasteiger partial charge in [-0.05, 0) is 12.8 Å². The summed E-state index contributed by atoms with van der Waals surface area (Å²) in [5, 5.41) is 0. The minimum Gasteiger partial charge on any atom is -0.376 e. The van der Waals surface area contributed by atoms with E-state index in [2.05, 4.69) is 13.8 Å². The van der Waals surface area contributed by atoms with Crippen LogP contribution in [0.25, 0.3) is 0 Å². The average Bonchev–Trinajstić information content (AvgIpc) is 2.86. The molecule has 0 spiro atoms. The van der Waals surface area contributed by atoms with Crippen molar-refractivity contribution in [3.8, 4) is 0 Å². The highest BCUT2D eigenvalue weighted by Gasteiger charge is 2.32. The molecule has 1 aliphatic rings. The van der Waals surface area contributed by atoms with Crippen molar-refractivity contribution in [3.63, 3.8) is 0 Å². The lowest BCUT2D eigenvalue weighted by atomic mass is 9.89. The maximum absolute atomic E-state index is 6.34. The molecule has 0 unspecified atom stereocenters. The number of unbranched alkanes of at least 4 members (excludes halogenated alkanes) is 22. The van der Waals surface area contributed by atoms with Gasteiger partial charge in [0.25, 0.3) is 0 Å². The van der Waals surface area contributed by atoms with Crippen LogP contribution in [0.15, 0.2) is 0 Å². The average molecular weight is 481 g/mol. The van der Waals surface area contributed by atoms with Gasteiger partial charge in [0.1, 0.15) is 0 Å². The summed E-state index contributed by atoms with van der Waals surface area (Å²) in [6.07, 6.45) is 36.5. The van der Waals surface area contributed by atoms with Crippen LogP contribution in [-0.4, -0.2) is 25.4 Å². The largest absolute Gasteiger partial charge is 0.376 e. The summed E-state index contributed by atoms with van der Waals surface area (Å²) in [6.45, 7) is 7.03. The minimum atomic E-state index is 0.0369.